The van der Waals surface area contributed by atoms with E-state index in [1.54, 1.807) is 12.0 Å². The molecule has 0 bridgehead atoms. The maximum Gasteiger partial charge on any atom is 0.266 e. The van der Waals surface area contributed by atoms with Crippen molar-refractivity contribution in [1.29, 1.82) is 0 Å². The number of methoxy groups -OCH3 is 1. The van der Waals surface area contributed by atoms with Crippen LogP contribution in [0.4, 0.5) is 0 Å². The molecule has 186 valence electrons. The summed E-state index contributed by atoms with van der Waals surface area (Å²) in [6, 6.07) is 22.8. The molecule has 0 aromatic heterocycles. The lowest BCUT2D eigenvalue weighted by Crippen LogP contribution is -2.27. The number of carbonyl (C=O) groups excluding carboxylic acids is 1. The highest BCUT2D eigenvalue weighted by atomic mass is 32.2. The van der Waals surface area contributed by atoms with E-state index in [0.717, 1.165) is 22.6 Å². The summed E-state index contributed by atoms with van der Waals surface area (Å²) in [5, 5.41) is 0. The zero-order valence-corrected chi connectivity index (χ0v) is 21.8. The van der Waals surface area contributed by atoms with Crippen molar-refractivity contribution in [1.82, 2.24) is 4.90 Å². The van der Waals surface area contributed by atoms with E-state index in [0.29, 0.717) is 47.1 Å². The van der Waals surface area contributed by atoms with Gasteiger partial charge in [-0.25, -0.2) is 0 Å². The Kier molecular flexibility index (Phi) is 8.86. The molecule has 0 unspecified atom stereocenters. The third-order valence-corrected chi connectivity index (χ3v) is 6.67. The second-order valence-corrected chi connectivity index (χ2v) is 9.44. The van der Waals surface area contributed by atoms with Crippen LogP contribution in [0.2, 0.25) is 0 Å². The zero-order valence-electron chi connectivity index (χ0n) is 20.1. The summed E-state index contributed by atoms with van der Waals surface area (Å²) in [5.41, 5.74) is 1.87. The summed E-state index contributed by atoms with van der Waals surface area (Å²) in [6.07, 6.45) is 1.84. The molecule has 0 N–H and O–H groups in total. The topological polar surface area (TPSA) is 57.2 Å². The van der Waals surface area contributed by atoms with E-state index in [1.165, 1.54) is 11.8 Å². The highest BCUT2D eigenvalue weighted by Gasteiger charge is 2.32. The van der Waals surface area contributed by atoms with Gasteiger partial charge in [0.2, 0.25) is 0 Å². The molecule has 1 amide bonds. The average molecular weight is 522 g/mol. The van der Waals surface area contributed by atoms with E-state index in [-0.39, 0.29) is 5.91 Å². The number of rotatable bonds is 11. The van der Waals surface area contributed by atoms with E-state index in [1.807, 2.05) is 85.8 Å². The maximum absolute atomic E-state index is 13.0. The fraction of sp³-hybridized carbons (Fsp3) is 0.214. The lowest BCUT2D eigenvalue weighted by atomic mass is 10.1. The van der Waals surface area contributed by atoms with Crippen molar-refractivity contribution in [3.63, 3.8) is 0 Å². The molecule has 36 heavy (non-hydrogen) atoms. The molecule has 3 aromatic carbocycles. The van der Waals surface area contributed by atoms with E-state index in [2.05, 4.69) is 0 Å². The Bertz CT molecular complexity index is 1230. The van der Waals surface area contributed by atoms with Crippen LogP contribution in [0.15, 0.2) is 77.7 Å². The zero-order chi connectivity index (χ0) is 25.3. The Morgan fingerprint density at radius 3 is 2.33 bits per heavy atom. The van der Waals surface area contributed by atoms with Crippen molar-refractivity contribution in [3.8, 4) is 23.0 Å². The van der Waals surface area contributed by atoms with Gasteiger partial charge in [0.05, 0.1) is 25.2 Å². The first-order chi connectivity index (χ1) is 17.6. The molecule has 4 rings (SSSR count). The number of ether oxygens (including phenoxy) is 4. The SMILES string of the molecule is CCOc1cc(C=C2SC(=S)N(Cc3ccccc3)C2=O)ccc1OCCOc1ccc(OC)cc1. The number of hydrogen-bond acceptors (Lipinski definition) is 7. The monoisotopic (exact) mass is 521 g/mol. The quantitative estimate of drug-likeness (QED) is 0.175. The molecule has 1 fully saturated rings. The largest absolute Gasteiger partial charge is 0.497 e. The minimum absolute atomic E-state index is 0.0946. The van der Waals surface area contributed by atoms with Crippen molar-refractivity contribution in [2.75, 3.05) is 26.9 Å². The summed E-state index contributed by atoms with van der Waals surface area (Å²) < 4.78 is 23.1. The number of thiocarbonyl (C=S) groups is 1. The number of thioether (sulfide) groups is 1. The van der Waals surface area contributed by atoms with Crippen molar-refractivity contribution in [3.05, 3.63) is 88.8 Å². The minimum atomic E-state index is -0.0946. The van der Waals surface area contributed by atoms with Gasteiger partial charge in [-0.15, -0.1) is 0 Å². The Labute approximate surface area is 220 Å². The molecular formula is C28H27NO5S2. The fourth-order valence-electron chi connectivity index (χ4n) is 3.54. The van der Waals surface area contributed by atoms with E-state index in [9.17, 15) is 4.79 Å². The molecule has 0 aliphatic carbocycles. The fourth-order valence-corrected chi connectivity index (χ4v) is 4.79. The van der Waals surface area contributed by atoms with Gasteiger partial charge >= 0.3 is 0 Å². The molecule has 6 nitrogen and oxygen atoms in total. The number of amides is 1. The van der Waals surface area contributed by atoms with Crippen LogP contribution in [-0.2, 0) is 11.3 Å². The lowest BCUT2D eigenvalue weighted by Gasteiger charge is -2.14. The molecule has 0 spiro atoms. The smallest absolute Gasteiger partial charge is 0.266 e. The molecule has 0 atom stereocenters. The van der Waals surface area contributed by atoms with Gasteiger partial charge in [0.1, 0.15) is 29.0 Å². The Morgan fingerprint density at radius 2 is 1.61 bits per heavy atom. The predicted octanol–water partition coefficient (Wildman–Crippen LogP) is 5.95. The van der Waals surface area contributed by atoms with Crippen LogP contribution >= 0.6 is 24.0 Å². The Balaban J connectivity index is 1.39. The molecule has 8 heteroatoms. The van der Waals surface area contributed by atoms with Gasteiger partial charge < -0.3 is 18.9 Å². The van der Waals surface area contributed by atoms with Gasteiger partial charge in [-0.3, -0.25) is 9.69 Å². The summed E-state index contributed by atoms with van der Waals surface area (Å²) >= 11 is 6.78. The molecule has 1 saturated heterocycles. The second kappa shape index (κ2) is 12.5. The predicted molar refractivity (Wildman–Crippen MR) is 147 cm³/mol. The molecule has 1 heterocycles. The van der Waals surface area contributed by atoms with Crippen LogP contribution in [-0.4, -0.2) is 42.1 Å². The van der Waals surface area contributed by atoms with Gasteiger partial charge in [-0.05, 0) is 60.5 Å². The van der Waals surface area contributed by atoms with Crippen LogP contribution in [0.5, 0.6) is 23.0 Å². The normalized spacial score (nSPS) is 14.3. The van der Waals surface area contributed by atoms with E-state index >= 15 is 0 Å². The van der Waals surface area contributed by atoms with Crippen molar-refractivity contribution in [2.45, 2.75) is 13.5 Å². The first kappa shape index (κ1) is 25.6. The van der Waals surface area contributed by atoms with Crippen LogP contribution in [0.3, 0.4) is 0 Å². The molecule has 0 radical (unpaired) electrons. The van der Waals surface area contributed by atoms with Crippen LogP contribution < -0.4 is 18.9 Å². The number of carbonyl (C=O) groups is 1. The van der Waals surface area contributed by atoms with Crippen LogP contribution in [0.25, 0.3) is 6.08 Å². The van der Waals surface area contributed by atoms with Crippen molar-refractivity contribution >= 4 is 40.3 Å². The number of hydrogen-bond donors (Lipinski definition) is 0. The van der Waals surface area contributed by atoms with E-state index in [4.69, 9.17) is 31.2 Å². The highest BCUT2D eigenvalue weighted by molar-refractivity contribution is 8.26. The van der Waals surface area contributed by atoms with Crippen molar-refractivity contribution < 1.29 is 23.7 Å². The molecular weight excluding hydrogens is 494 g/mol. The molecule has 1 aliphatic heterocycles. The van der Waals surface area contributed by atoms with Crippen LogP contribution in [0.1, 0.15) is 18.1 Å². The van der Waals surface area contributed by atoms with Gasteiger partial charge in [0.25, 0.3) is 5.91 Å². The summed E-state index contributed by atoms with van der Waals surface area (Å²) in [7, 11) is 1.63. The van der Waals surface area contributed by atoms with E-state index < -0.39 is 0 Å². The first-order valence-electron chi connectivity index (χ1n) is 11.5. The molecule has 0 saturated carbocycles. The highest BCUT2D eigenvalue weighted by Crippen LogP contribution is 2.35. The van der Waals surface area contributed by atoms with Gasteiger partial charge in [-0.2, -0.15) is 0 Å². The number of benzene rings is 3. The van der Waals surface area contributed by atoms with Gasteiger partial charge in [0, 0.05) is 0 Å². The van der Waals surface area contributed by atoms with Crippen molar-refractivity contribution in [2.24, 2.45) is 0 Å². The maximum atomic E-state index is 13.0. The lowest BCUT2D eigenvalue weighted by molar-refractivity contribution is -0.122. The average Bonchev–Trinajstić information content (AvgIpc) is 3.16. The number of nitrogens with zero attached hydrogens (tertiary/aromatic N) is 1. The van der Waals surface area contributed by atoms with Gasteiger partial charge in [0.15, 0.2) is 11.5 Å². The minimum Gasteiger partial charge on any atom is -0.497 e. The van der Waals surface area contributed by atoms with Crippen LogP contribution in [0, 0.1) is 0 Å². The Hall–Kier alpha value is -3.49. The summed E-state index contributed by atoms with van der Waals surface area (Å²) in [4.78, 5) is 15.2. The third-order valence-electron chi connectivity index (χ3n) is 5.29. The standard InChI is InChI=1S/C28H27NO5S2/c1-3-32-25-17-21(9-14-24(25)34-16-15-33-23-12-10-22(31-2)11-13-23)18-26-27(30)29(28(35)36-26)19-20-7-5-4-6-8-20/h4-14,17-18H,3,15-16,19H2,1-2H3. The molecule has 1 aliphatic rings. The van der Waals surface area contributed by atoms with Gasteiger partial charge in [-0.1, -0.05) is 60.4 Å². The third kappa shape index (κ3) is 6.59. The summed E-state index contributed by atoms with van der Waals surface area (Å²) in [5.74, 6) is 2.64. The molecule has 3 aromatic rings. The second-order valence-electron chi connectivity index (χ2n) is 7.77. The first-order valence-corrected chi connectivity index (χ1v) is 12.8. The summed E-state index contributed by atoms with van der Waals surface area (Å²) in [6.45, 7) is 3.59. The Morgan fingerprint density at radius 1 is 0.889 bits per heavy atom.